The van der Waals surface area contributed by atoms with Gasteiger partial charge < -0.3 is 0 Å². The number of hydrogen-bond acceptors (Lipinski definition) is 1. The summed E-state index contributed by atoms with van der Waals surface area (Å²) in [6.07, 6.45) is 36.5. The lowest BCUT2D eigenvalue weighted by Crippen LogP contribution is -2.30. The predicted octanol–water partition coefficient (Wildman–Crippen LogP) is 11.6. The van der Waals surface area contributed by atoms with Gasteiger partial charge in [-0.15, -0.1) is 0 Å². The highest BCUT2D eigenvalue weighted by Gasteiger charge is 2.34. The summed E-state index contributed by atoms with van der Waals surface area (Å²) in [5, 5.41) is 0. The Morgan fingerprint density at radius 1 is 0.732 bits per heavy atom. The van der Waals surface area contributed by atoms with E-state index >= 15 is 0 Å². The Morgan fingerprint density at radius 2 is 1.24 bits per heavy atom. The van der Waals surface area contributed by atoms with Crippen LogP contribution in [0.15, 0.2) is 130 Å². The molecule has 1 nitrogen and oxygen atoms in total. The molecule has 0 aliphatic heterocycles. The minimum Gasteiger partial charge on any atom is -0.299 e. The average molecular weight is 551 g/mol. The van der Waals surface area contributed by atoms with Crippen molar-refractivity contribution in [3.63, 3.8) is 0 Å². The standard InChI is InChI=1S/C40H54O/c1-30(18-13-20-32(3)23-26-36-34(5)22-15-29-39(36,7)8)16-11-12-17-31(2)19-14-21-33(4)24-27-37-35(6)25-28-38(41)40(37,9)10/h11-14,16-24,26-27,36H,15,25,28-29H2,1-10H3/b12-11+,18-13+,19-14+,26-23+,27-24+,30-16+,31-17+,32-20+,33-21+/t36-/m1/s1. The molecule has 0 aromatic heterocycles. The smallest absolute Gasteiger partial charge is 0.143 e. The highest BCUT2D eigenvalue weighted by Crippen LogP contribution is 2.42. The van der Waals surface area contributed by atoms with Crippen molar-refractivity contribution < 1.29 is 4.79 Å². The molecule has 0 saturated heterocycles. The van der Waals surface area contributed by atoms with E-state index in [1.807, 2.05) is 13.8 Å². The van der Waals surface area contributed by atoms with E-state index in [2.05, 4.69) is 147 Å². The Morgan fingerprint density at radius 3 is 1.80 bits per heavy atom. The lowest BCUT2D eigenvalue weighted by molar-refractivity contribution is -0.125. The van der Waals surface area contributed by atoms with Crippen molar-refractivity contribution in [2.24, 2.45) is 16.7 Å². The molecule has 2 rings (SSSR count). The van der Waals surface area contributed by atoms with Crippen LogP contribution in [0.1, 0.15) is 94.9 Å². The van der Waals surface area contributed by atoms with E-state index < -0.39 is 0 Å². The number of hydrogen-bond donors (Lipinski definition) is 0. The molecule has 0 unspecified atom stereocenters. The van der Waals surface area contributed by atoms with Crippen LogP contribution in [0.3, 0.4) is 0 Å². The maximum absolute atomic E-state index is 12.4. The van der Waals surface area contributed by atoms with Crippen LogP contribution < -0.4 is 0 Å². The molecule has 2 aliphatic carbocycles. The highest BCUT2D eigenvalue weighted by atomic mass is 16.1. The van der Waals surface area contributed by atoms with E-state index in [0.717, 1.165) is 12.0 Å². The molecule has 2 aliphatic rings. The van der Waals surface area contributed by atoms with Gasteiger partial charge in [0.25, 0.3) is 0 Å². The molecule has 0 bridgehead atoms. The van der Waals surface area contributed by atoms with Gasteiger partial charge in [-0.25, -0.2) is 0 Å². The van der Waals surface area contributed by atoms with Crippen molar-refractivity contribution >= 4 is 5.78 Å². The van der Waals surface area contributed by atoms with Crippen LogP contribution in [0.25, 0.3) is 0 Å². The van der Waals surface area contributed by atoms with Crippen molar-refractivity contribution in [3.8, 4) is 0 Å². The van der Waals surface area contributed by atoms with Crippen LogP contribution in [-0.2, 0) is 4.79 Å². The maximum Gasteiger partial charge on any atom is 0.143 e. The third-order valence-corrected chi connectivity index (χ3v) is 8.48. The zero-order chi connectivity index (χ0) is 30.6. The molecule has 1 atom stereocenters. The van der Waals surface area contributed by atoms with E-state index in [4.69, 9.17) is 0 Å². The van der Waals surface area contributed by atoms with Crippen molar-refractivity contribution in [2.45, 2.75) is 94.9 Å². The fourth-order valence-corrected chi connectivity index (χ4v) is 5.57. The van der Waals surface area contributed by atoms with E-state index in [1.165, 1.54) is 46.3 Å². The summed E-state index contributed by atoms with van der Waals surface area (Å²) in [4.78, 5) is 12.4. The molecule has 220 valence electrons. The second kappa shape index (κ2) is 15.7. The molecule has 0 spiro atoms. The molecule has 41 heavy (non-hydrogen) atoms. The molecular formula is C40H54O. The largest absolute Gasteiger partial charge is 0.299 e. The Balaban J connectivity index is 1.89. The lowest BCUT2D eigenvalue weighted by Gasteiger charge is -2.36. The number of carbonyl (C=O) groups is 1. The maximum atomic E-state index is 12.4. The first-order valence-corrected chi connectivity index (χ1v) is 15.2. The van der Waals surface area contributed by atoms with Crippen LogP contribution in [0.4, 0.5) is 0 Å². The average Bonchev–Trinajstić information content (AvgIpc) is 2.88. The topological polar surface area (TPSA) is 17.1 Å². The Bertz CT molecular complexity index is 1280. The number of Topliss-reactive ketones (excluding diaryl/α,β-unsaturated/α-hetero) is 1. The first-order valence-electron chi connectivity index (χ1n) is 15.2. The molecule has 1 heteroatoms. The minimum atomic E-state index is -0.390. The second-order valence-electron chi connectivity index (χ2n) is 13.1. The molecule has 0 aromatic rings. The van der Waals surface area contributed by atoms with E-state index in [1.54, 1.807) is 0 Å². The van der Waals surface area contributed by atoms with Gasteiger partial charge in [-0.2, -0.15) is 0 Å². The van der Waals surface area contributed by atoms with Crippen LogP contribution >= 0.6 is 0 Å². The first kappa shape index (κ1) is 34.0. The van der Waals surface area contributed by atoms with Gasteiger partial charge in [0.15, 0.2) is 0 Å². The van der Waals surface area contributed by atoms with Gasteiger partial charge in [0.05, 0.1) is 0 Å². The quantitative estimate of drug-likeness (QED) is 0.195. The van der Waals surface area contributed by atoms with Gasteiger partial charge in [0, 0.05) is 17.8 Å². The molecule has 0 N–H and O–H groups in total. The van der Waals surface area contributed by atoms with Crippen LogP contribution in [0, 0.1) is 16.7 Å². The van der Waals surface area contributed by atoms with Gasteiger partial charge in [0.1, 0.15) is 5.78 Å². The van der Waals surface area contributed by atoms with Crippen LogP contribution in [-0.4, -0.2) is 5.78 Å². The summed E-state index contributed by atoms with van der Waals surface area (Å²) in [6, 6.07) is 0. The Kier molecular flexibility index (Phi) is 13.0. The van der Waals surface area contributed by atoms with Gasteiger partial charge >= 0.3 is 0 Å². The third-order valence-electron chi connectivity index (χ3n) is 8.48. The fraction of sp³-hybridized carbons (Fsp3) is 0.425. The van der Waals surface area contributed by atoms with Gasteiger partial charge in [-0.1, -0.05) is 138 Å². The van der Waals surface area contributed by atoms with E-state index in [0.29, 0.717) is 23.5 Å². The zero-order valence-electron chi connectivity index (χ0n) is 27.5. The van der Waals surface area contributed by atoms with Crippen LogP contribution in [0.2, 0.25) is 0 Å². The SMILES string of the molecule is CC1=CCCC(C)(C)[C@@H]1/C=C/C(C)=C/C=C/C(C)=C/C=C/C=C(C)/C=C/C=C(C)/C=C/C1=C(C)CCC(=O)C1(C)C. The number of carbonyl (C=O) groups excluding carboxylic acids is 1. The molecule has 0 heterocycles. The summed E-state index contributed by atoms with van der Waals surface area (Å²) in [5.74, 6) is 0.855. The van der Waals surface area contributed by atoms with Crippen molar-refractivity contribution in [1.29, 1.82) is 0 Å². The summed E-state index contributed by atoms with van der Waals surface area (Å²) >= 11 is 0. The fourth-order valence-electron chi connectivity index (χ4n) is 5.57. The number of rotatable bonds is 10. The Hall–Kier alpha value is -3.19. The summed E-state index contributed by atoms with van der Waals surface area (Å²) in [7, 11) is 0. The molecule has 0 fully saturated rings. The summed E-state index contributed by atoms with van der Waals surface area (Å²) in [6.45, 7) is 21.8. The molecule has 0 amide bonds. The van der Waals surface area contributed by atoms with Gasteiger partial charge in [-0.3, -0.25) is 4.79 Å². The lowest BCUT2D eigenvalue weighted by atomic mass is 9.68. The number of ketones is 1. The normalized spacial score (nSPS) is 23.3. The summed E-state index contributed by atoms with van der Waals surface area (Å²) < 4.78 is 0. The van der Waals surface area contributed by atoms with Gasteiger partial charge in [-0.05, 0) is 85.6 Å². The predicted molar refractivity (Wildman–Crippen MR) is 182 cm³/mol. The first-order chi connectivity index (χ1) is 19.2. The van der Waals surface area contributed by atoms with Crippen molar-refractivity contribution in [2.75, 3.05) is 0 Å². The molecule has 0 saturated carbocycles. The number of allylic oxidation sites excluding steroid dienone is 22. The third kappa shape index (κ3) is 11.0. The minimum absolute atomic E-state index is 0.333. The highest BCUT2D eigenvalue weighted by molar-refractivity contribution is 5.89. The van der Waals surface area contributed by atoms with Gasteiger partial charge in [0.2, 0.25) is 0 Å². The zero-order valence-corrected chi connectivity index (χ0v) is 27.5. The molecule has 0 radical (unpaired) electrons. The molecule has 0 aromatic carbocycles. The second-order valence-corrected chi connectivity index (χ2v) is 13.1. The van der Waals surface area contributed by atoms with Crippen LogP contribution in [0.5, 0.6) is 0 Å². The summed E-state index contributed by atoms with van der Waals surface area (Å²) in [5.41, 5.74) is 8.75. The van der Waals surface area contributed by atoms with E-state index in [-0.39, 0.29) is 5.41 Å². The van der Waals surface area contributed by atoms with E-state index in [9.17, 15) is 4.79 Å². The van der Waals surface area contributed by atoms with Crippen molar-refractivity contribution in [3.05, 3.63) is 130 Å². The Labute approximate surface area is 252 Å². The monoisotopic (exact) mass is 550 g/mol. The molecular weight excluding hydrogens is 496 g/mol. The van der Waals surface area contributed by atoms with Crippen molar-refractivity contribution in [1.82, 2.24) is 0 Å².